The van der Waals surface area contributed by atoms with Crippen molar-refractivity contribution in [3.05, 3.63) is 33.9 Å². The number of benzene rings is 1. The minimum atomic E-state index is -0.387. The Morgan fingerprint density at radius 3 is 2.79 bits per heavy atom. The molecule has 0 saturated carbocycles. The summed E-state index contributed by atoms with van der Waals surface area (Å²) in [5.41, 5.74) is 6.97. The van der Waals surface area contributed by atoms with Crippen molar-refractivity contribution in [1.29, 1.82) is 0 Å². The van der Waals surface area contributed by atoms with Crippen molar-refractivity contribution in [2.24, 2.45) is 5.73 Å². The zero-order valence-electron chi connectivity index (χ0n) is 7.99. The molecule has 0 aliphatic heterocycles. The topological polar surface area (TPSA) is 81.2 Å². The highest BCUT2D eigenvalue weighted by atomic mass is 16.6. The van der Waals surface area contributed by atoms with Gasteiger partial charge in [-0.15, -0.1) is 0 Å². The largest absolute Gasteiger partial charge is 0.384 e. The van der Waals surface area contributed by atoms with E-state index in [0.29, 0.717) is 18.7 Å². The second-order valence-corrected chi connectivity index (χ2v) is 2.97. The number of anilines is 1. The van der Waals surface area contributed by atoms with E-state index in [4.69, 9.17) is 5.73 Å². The molecule has 0 atom stereocenters. The third kappa shape index (κ3) is 2.43. The highest BCUT2D eigenvalue weighted by Crippen LogP contribution is 2.21. The Labute approximate surface area is 82.1 Å². The van der Waals surface area contributed by atoms with Gasteiger partial charge in [-0.3, -0.25) is 10.1 Å². The molecule has 0 heterocycles. The smallest absolute Gasteiger partial charge is 0.272 e. The fourth-order valence-corrected chi connectivity index (χ4v) is 1.19. The molecule has 0 aliphatic carbocycles. The molecule has 5 nitrogen and oxygen atoms in total. The summed E-state index contributed by atoms with van der Waals surface area (Å²) in [5.74, 6) is 0. The molecule has 1 rings (SSSR count). The molecule has 0 spiro atoms. The third-order valence-electron chi connectivity index (χ3n) is 1.87. The van der Waals surface area contributed by atoms with Crippen molar-refractivity contribution in [3.8, 4) is 0 Å². The third-order valence-corrected chi connectivity index (χ3v) is 1.87. The van der Waals surface area contributed by atoms with Crippen LogP contribution in [-0.2, 0) is 0 Å². The Morgan fingerprint density at radius 1 is 1.57 bits per heavy atom. The molecule has 1 aromatic carbocycles. The fraction of sp³-hybridized carbons (Fsp3) is 0.333. The van der Waals surface area contributed by atoms with E-state index in [-0.39, 0.29) is 10.6 Å². The van der Waals surface area contributed by atoms with Gasteiger partial charge >= 0.3 is 0 Å². The van der Waals surface area contributed by atoms with E-state index in [1.807, 2.05) is 0 Å². The van der Waals surface area contributed by atoms with Crippen LogP contribution in [0, 0.1) is 17.0 Å². The molecule has 5 heteroatoms. The molecule has 3 N–H and O–H groups in total. The van der Waals surface area contributed by atoms with E-state index in [1.165, 1.54) is 6.07 Å². The van der Waals surface area contributed by atoms with Crippen molar-refractivity contribution in [3.63, 3.8) is 0 Å². The molecule has 76 valence electrons. The number of nitrogens with zero attached hydrogens (tertiary/aromatic N) is 1. The van der Waals surface area contributed by atoms with Crippen LogP contribution in [0.25, 0.3) is 0 Å². The summed E-state index contributed by atoms with van der Waals surface area (Å²) in [6, 6.07) is 4.92. The van der Waals surface area contributed by atoms with E-state index < -0.39 is 0 Å². The van der Waals surface area contributed by atoms with E-state index in [2.05, 4.69) is 5.32 Å². The maximum Gasteiger partial charge on any atom is 0.272 e. The lowest BCUT2D eigenvalue weighted by Crippen LogP contribution is -2.13. The molecular formula is C9H13N3O2. The van der Waals surface area contributed by atoms with Gasteiger partial charge in [-0.1, -0.05) is 0 Å². The van der Waals surface area contributed by atoms with Crippen LogP contribution < -0.4 is 11.1 Å². The normalized spacial score (nSPS) is 9.86. The van der Waals surface area contributed by atoms with Crippen LogP contribution in [0.5, 0.6) is 0 Å². The molecule has 0 saturated heterocycles. The highest BCUT2D eigenvalue weighted by molar-refractivity contribution is 5.53. The minimum absolute atomic E-state index is 0.142. The molecule has 14 heavy (non-hydrogen) atoms. The molecule has 0 unspecified atom stereocenters. The summed E-state index contributed by atoms with van der Waals surface area (Å²) in [5, 5.41) is 13.6. The van der Waals surface area contributed by atoms with Crippen molar-refractivity contribution >= 4 is 11.4 Å². The number of nitrogens with two attached hydrogens (primary N) is 1. The van der Waals surface area contributed by atoms with Crippen molar-refractivity contribution in [2.75, 3.05) is 18.4 Å². The number of nitro groups is 1. The zero-order valence-corrected chi connectivity index (χ0v) is 7.99. The first kappa shape index (κ1) is 10.5. The molecule has 1 aromatic rings. The first-order chi connectivity index (χ1) is 6.65. The highest BCUT2D eigenvalue weighted by Gasteiger charge is 2.09. The number of hydrogen-bond donors (Lipinski definition) is 2. The number of rotatable bonds is 4. The Kier molecular flexibility index (Phi) is 3.41. The molecule has 0 aromatic heterocycles. The van der Waals surface area contributed by atoms with Gasteiger partial charge in [0.1, 0.15) is 0 Å². The van der Waals surface area contributed by atoms with Crippen LogP contribution in [0.2, 0.25) is 0 Å². The lowest BCUT2D eigenvalue weighted by atomic mass is 10.2. The lowest BCUT2D eigenvalue weighted by Gasteiger charge is -2.05. The van der Waals surface area contributed by atoms with Crippen LogP contribution in [0.15, 0.2) is 18.2 Å². The van der Waals surface area contributed by atoms with E-state index in [9.17, 15) is 10.1 Å². The molecule has 0 bridgehead atoms. The summed E-state index contributed by atoms with van der Waals surface area (Å²) in [7, 11) is 0. The summed E-state index contributed by atoms with van der Waals surface area (Å²) < 4.78 is 0. The van der Waals surface area contributed by atoms with Crippen LogP contribution in [0.3, 0.4) is 0 Å². The second kappa shape index (κ2) is 4.57. The molecule has 0 fully saturated rings. The quantitative estimate of drug-likeness (QED) is 0.560. The fourth-order valence-electron chi connectivity index (χ4n) is 1.19. The molecular weight excluding hydrogens is 182 g/mol. The molecule has 0 amide bonds. The van der Waals surface area contributed by atoms with Gasteiger partial charge in [0.15, 0.2) is 0 Å². The van der Waals surface area contributed by atoms with Gasteiger partial charge in [-0.05, 0) is 19.1 Å². The Balaban J connectivity index is 2.83. The predicted octanol–water partition coefficient (Wildman–Crippen LogP) is 1.27. The number of hydrogen-bond acceptors (Lipinski definition) is 4. The first-order valence-electron chi connectivity index (χ1n) is 4.34. The van der Waals surface area contributed by atoms with Gasteiger partial charge in [0, 0.05) is 30.4 Å². The van der Waals surface area contributed by atoms with Gasteiger partial charge in [0.25, 0.3) is 5.69 Å². The van der Waals surface area contributed by atoms with E-state index in [0.717, 1.165) is 5.69 Å². The summed E-state index contributed by atoms with van der Waals surface area (Å²) in [6.45, 7) is 2.92. The number of nitrogens with one attached hydrogen (secondary N) is 1. The lowest BCUT2D eigenvalue weighted by molar-refractivity contribution is -0.385. The Bertz CT molecular complexity index is 339. The van der Waals surface area contributed by atoms with Gasteiger partial charge < -0.3 is 11.1 Å². The summed E-state index contributed by atoms with van der Waals surface area (Å²) in [4.78, 5) is 10.1. The van der Waals surface area contributed by atoms with Crippen LogP contribution in [0.1, 0.15) is 5.56 Å². The Hall–Kier alpha value is -1.62. The average molecular weight is 195 g/mol. The zero-order chi connectivity index (χ0) is 10.6. The van der Waals surface area contributed by atoms with Crippen LogP contribution in [0.4, 0.5) is 11.4 Å². The summed E-state index contributed by atoms with van der Waals surface area (Å²) >= 11 is 0. The Morgan fingerprint density at radius 2 is 2.29 bits per heavy atom. The molecule has 0 radical (unpaired) electrons. The van der Waals surface area contributed by atoms with Crippen LogP contribution in [-0.4, -0.2) is 18.0 Å². The van der Waals surface area contributed by atoms with Crippen molar-refractivity contribution < 1.29 is 4.92 Å². The average Bonchev–Trinajstić information content (AvgIpc) is 2.14. The predicted molar refractivity (Wildman–Crippen MR) is 55.4 cm³/mol. The van der Waals surface area contributed by atoms with Crippen molar-refractivity contribution in [1.82, 2.24) is 0 Å². The maximum absolute atomic E-state index is 10.5. The van der Waals surface area contributed by atoms with E-state index in [1.54, 1.807) is 19.1 Å². The second-order valence-electron chi connectivity index (χ2n) is 2.97. The van der Waals surface area contributed by atoms with Gasteiger partial charge in [-0.2, -0.15) is 0 Å². The van der Waals surface area contributed by atoms with Gasteiger partial charge in [0.05, 0.1) is 4.92 Å². The SMILES string of the molecule is Cc1cc(NCCN)ccc1[N+](=O)[O-]. The number of aryl methyl sites for hydroxylation is 1. The first-order valence-corrected chi connectivity index (χ1v) is 4.34. The minimum Gasteiger partial charge on any atom is -0.384 e. The maximum atomic E-state index is 10.5. The standard InChI is InChI=1S/C9H13N3O2/c1-7-6-8(11-5-4-10)2-3-9(7)12(13)14/h2-3,6,11H,4-5,10H2,1H3. The monoisotopic (exact) mass is 195 g/mol. The van der Waals surface area contributed by atoms with Crippen LogP contribution >= 0.6 is 0 Å². The van der Waals surface area contributed by atoms with Crippen molar-refractivity contribution in [2.45, 2.75) is 6.92 Å². The molecule has 0 aliphatic rings. The summed E-state index contributed by atoms with van der Waals surface area (Å²) in [6.07, 6.45) is 0. The number of nitro benzene ring substituents is 1. The van der Waals surface area contributed by atoms with Gasteiger partial charge in [-0.25, -0.2) is 0 Å². The van der Waals surface area contributed by atoms with E-state index >= 15 is 0 Å². The van der Waals surface area contributed by atoms with Gasteiger partial charge in [0.2, 0.25) is 0 Å².